The molecular weight excluding hydrogens is 449 g/mol. The molecular formula is C27H20FN3O4. The molecule has 0 radical (unpaired) electrons. The fourth-order valence-electron chi connectivity index (χ4n) is 5.47. The minimum atomic E-state index is -1.02. The standard InChI is InChI=1S/C27H20FN3O4/c1-35-17-12-10-15(11-13-17)25(32)24-22-21(23-18-7-3-2-6-16(18)14-29-31(23)24)26(33)30(27(22)34)20-9-5-4-8-19(20)28/h2-14,21-24H,1H3/t21-,22-,23-,24+/m1/s1. The Labute approximate surface area is 200 Å². The summed E-state index contributed by atoms with van der Waals surface area (Å²) in [5, 5.41) is 6.11. The van der Waals surface area contributed by atoms with Crippen molar-refractivity contribution in [2.75, 3.05) is 12.0 Å². The number of nitrogens with zero attached hydrogens (tertiary/aromatic N) is 3. The maximum Gasteiger partial charge on any atom is 0.240 e. The van der Waals surface area contributed by atoms with Crippen molar-refractivity contribution in [1.82, 2.24) is 5.01 Å². The van der Waals surface area contributed by atoms with E-state index in [1.165, 1.54) is 25.3 Å². The van der Waals surface area contributed by atoms with E-state index >= 15 is 0 Å². The summed E-state index contributed by atoms with van der Waals surface area (Å²) in [6.07, 6.45) is 1.64. The molecule has 0 spiro atoms. The third-order valence-corrected chi connectivity index (χ3v) is 7.03. The van der Waals surface area contributed by atoms with Crippen LogP contribution in [0.3, 0.4) is 0 Å². The van der Waals surface area contributed by atoms with E-state index in [1.54, 1.807) is 41.6 Å². The molecule has 3 aromatic carbocycles. The molecule has 2 saturated heterocycles. The highest BCUT2D eigenvalue weighted by Gasteiger charge is 2.65. The summed E-state index contributed by atoms with van der Waals surface area (Å²) in [6.45, 7) is 0. The van der Waals surface area contributed by atoms with Crippen LogP contribution in [0.2, 0.25) is 0 Å². The van der Waals surface area contributed by atoms with Crippen LogP contribution in [0.25, 0.3) is 0 Å². The highest BCUT2D eigenvalue weighted by molar-refractivity contribution is 6.24. The lowest BCUT2D eigenvalue weighted by Crippen LogP contribution is -2.44. The van der Waals surface area contributed by atoms with E-state index in [1.807, 2.05) is 24.3 Å². The Morgan fingerprint density at radius 2 is 1.60 bits per heavy atom. The molecule has 0 aromatic heterocycles. The second kappa shape index (κ2) is 7.87. The van der Waals surface area contributed by atoms with Crippen molar-refractivity contribution >= 4 is 29.5 Å². The van der Waals surface area contributed by atoms with Crippen LogP contribution < -0.4 is 9.64 Å². The normalized spacial score (nSPS) is 24.3. The van der Waals surface area contributed by atoms with Gasteiger partial charge in [-0.25, -0.2) is 9.29 Å². The molecule has 0 aliphatic carbocycles. The fraction of sp³-hybridized carbons (Fsp3) is 0.185. The Bertz CT molecular complexity index is 1400. The third-order valence-electron chi connectivity index (χ3n) is 7.03. The molecule has 0 unspecified atom stereocenters. The van der Waals surface area contributed by atoms with Gasteiger partial charge in [-0.15, -0.1) is 0 Å². The first-order chi connectivity index (χ1) is 17.0. The second-order valence-electron chi connectivity index (χ2n) is 8.75. The molecule has 6 rings (SSSR count). The van der Waals surface area contributed by atoms with Crippen molar-refractivity contribution < 1.29 is 23.5 Å². The van der Waals surface area contributed by atoms with E-state index in [-0.39, 0.29) is 11.5 Å². The van der Waals surface area contributed by atoms with E-state index in [2.05, 4.69) is 5.10 Å². The quantitative estimate of drug-likeness (QED) is 0.431. The first kappa shape index (κ1) is 21.2. The summed E-state index contributed by atoms with van der Waals surface area (Å²) < 4.78 is 19.9. The Balaban J connectivity index is 1.49. The third kappa shape index (κ3) is 3.02. The van der Waals surface area contributed by atoms with E-state index in [0.717, 1.165) is 16.0 Å². The monoisotopic (exact) mass is 469 g/mol. The lowest BCUT2D eigenvalue weighted by atomic mass is 9.83. The summed E-state index contributed by atoms with van der Waals surface area (Å²) in [7, 11) is 1.53. The van der Waals surface area contributed by atoms with Gasteiger partial charge in [0.05, 0.1) is 36.9 Å². The molecule has 8 heteroatoms. The number of rotatable bonds is 4. The topological polar surface area (TPSA) is 79.3 Å². The molecule has 3 aromatic rings. The lowest BCUT2D eigenvalue weighted by Gasteiger charge is -2.33. The number of methoxy groups -OCH3 is 1. The number of para-hydroxylation sites is 1. The zero-order valence-electron chi connectivity index (χ0n) is 18.7. The molecule has 2 fully saturated rings. The second-order valence-corrected chi connectivity index (χ2v) is 8.75. The number of anilines is 1. The number of imide groups is 1. The average Bonchev–Trinajstić information content (AvgIpc) is 3.36. The Hall–Kier alpha value is -4.33. The van der Waals surface area contributed by atoms with E-state index in [4.69, 9.17) is 4.74 Å². The molecule has 2 amide bonds. The maximum atomic E-state index is 14.7. The number of carbonyl (C=O) groups is 3. The van der Waals surface area contributed by atoms with Gasteiger partial charge in [0, 0.05) is 5.56 Å². The number of ether oxygens (including phenoxy) is 1. The Kier molecular flexibility index (Phi) is 4.77. The zero-order valence-corrected chi connectivity index (χ0v) is 18.7. The minimum Gasteiger partial charge on any atom is -0.497 e. The van der Waals surface area contributed by atoms with Crippen LogP contribution in [0.5, 0.6) is 5.75 Å². The van der Waals surface area contributed by atoms with Crippen molar-refractivity contribution in [3.05, 3.63) is 95.3 Å². The average molecular weight is 469 g/mol. The lowest BCUT2D eigenvalue weighted by molar-refractivity contribution is -0.124. The number of carbonyl (C=O) groups excluding carboxylic acids is 3. The van der Waals surface area contributed by atoms with Crippen molar-refractivity contribution in [2.24, 2.45) is 16.9 Å². The van der Waals surface area contributed by atoms with Gasteiger partial charge in [-0.3, -0.25) is 19.4 Å². The Morgan fingerprint density at radius 3 is 2.34 bits per heavy atom. The predicted molar refractivity (Wildman–Crippen MR) is 126 cm³/mol. The van der Waals surface area contributed by atoms with E-state index in [9.17, 15) is 18.8 Å². The van der Waals surface area contributed by atoms with Crippen LogP contribution in [0.4, 0.5) is 10.1 Å². The minimum absolute atomic E-state index is 0.105. The summed E-state index contributed by atoms with van der Waals surface area (Å²) in [4.78, 5) is 42.2. The van der Waals surface area contributed by atoms with E-state index < -0.39 is 41.6 Å². The largest absolute Gasteiger partial charge is 0.497 e. The van der Waals surface area contributed by atoms with Crippen LogP contribution in [-0.2, 0) is 9.59 Å². The maximum absolute atomic E-state index is 14.7. The van der Waals surface area contributed by atoms with Gasteiger partial charge in [0.2, 0.25) is 11.8 Å². The van der Waals surface area contributed by atoms with Crippen molar-refractivity contribution in [2.45, 2.75) is 12.1 Å². The highest BCUT2D eigenvalue weighted by Crippen LogP contribution is 2.53. The van der Waals surface area contributed by atoms with Gasteiger partial charge in [0.15, 0.2) is 5.78 Å². The van der Waals surface area contributed by atoms with Gasteiger partial charge in [-0.05, 0) is 47.5 Å². The molecule has 35 heavy (non-hydrogen) atoms. The zero-order chi connectivity index (χ0) is 24.3. The number of fused-ring (bicyclic) bond motifs is 5. The van der Waals surface area contributed by atoms with Gasteiger partial charge in [0.25, 0.3) is 0 Å². The number of halogens is 1. The van der Waals surface area contributed by atoms with Gasteiger partial charge >= 0.3 is 0 Å². The van der Waals surface area contributed by atoms with Crippen LogP contribution >= 0.6 is 0 Å². The van der Waals surface area contributed by atoms with Gasteiger partial charge in [0.1, 0.15) is 17.6 Å². The first-order valence-corrected chi connectivity index (χ1v) is 11.2. The SMILES string of the molecule is COc1ccc(C(=O)[C@@H]2[C@@H]3C(=O)N(c4ccccc4F)C(=O)[C@H]3[C@H]3c4ccccc4C=NN23)cc1. The van der Waals surface area contributed by atoms with Crippen LogP contribution in [0, 0.1) is 17.7 Å². The summed E-state index contributed by atoms with van der Waals surface area (Å²) in [5.41, 5.74) is 1.88. The molecule has 4 atom stereocenters. The van der Waals surface area contributed by atoms with Crippen LogP contribution in [0.15, 0.2) is 77.9 Å². The molecule has 0 saturated carbocycles. The fourth-order valence-corrected chi connectivity index (χ4v) is 5.47. The predicted octanol–water partition coefficient (Wildman–Crippen LogP) is 3.60. The number of ketones is 1. The number of amides is 2. The van der Waals surface area contributed by atoms with Gasteiger partial charge in [-0.1, -0.05) is 36.4 Å². The summed E-state index contributed by atoms with van der Waals surface area (Å²) >= 11 is 0. The summed E-state index contributed by atoms with van der Waals surface area (Å²) in [5.74, 6) is -3.44. The number of hydrogen-bond acceptors (Lipinski definition) is 6. The highest BCUT2D eigenvalue weighted by atomic mass is 19.1. The van der Waals surface area contributed by atoms with Crippen molar-refractivity contribution in [3.8, 4) is 5.75 Å². The van der Waals surface area contributed by atoms with Gasteiger partial charge < -0.3 is 4.74 Å². The van der Waals surface area contributed by atoms with Crippen LogP contribution in [-0.4, -0.2) is 42.0 Å². The number of benzene rings is 3. The first-order valence-electron chi connectivity index (χ1n) is 11.2. The smallest absolute Gasteiger partial charge is 0.240 e. The van der Waals surface area contributed by atoms with E-state index in [0.29, 0.717) is 11.3 Å². The molecule has 174 valence electrons. The Morgan fingerprint density at radius 1 is 0.914 bits per heavy atom. The molecule has 3 heterocycles. The molecule has 7 nitrogen and oxygen atoms in total. The molecule has 3 aliphatic rings. The number of Topliss-reactive ketones (excluding diaryl/α,β-unsaturated/α-hetero) is 1. The van der Waals surface area contributed by atoms with Gasteiger partial charge in [-0.2, -0.15) is 5.10 Å². The molecule has 3 aliphatic heterocycles. The number of hydrazone groups is 1. The molecule has 0 N–H and O–H groups in total. The number of hydrogen-bond donors (Lipinski definition) is 0. The van der Waals surface area contributed by atoms with Crippen molar-refractivity contribution in [3.63, 3.8) is 0 Å². The van der Waals surface area contributed by atoms with Crippen molar-refractivity contribution in [1.29, 1.82) is 0 Å². The summed E-state index contributed by atoms with van der Waals surface area (Å²) in [6, 6.07) is 18.1. The van der Waals surface area contributed by atoms with Crippen LogP contribution in [0.1, 0.15) is 27.5 Å². The molecule has 0 bridgehead atoms.